The highest BCUT2D eigenvalue weighted by molar-refractivity contribution is 6.00. The normalized spacial score (nSPS) is 13.6. The van der Waals surface area contributed by atoms with Gasteiger partial charge in [0.1, 0.15) is 11.5 Å². The third kappa shape index (κ3) is 5.09. The molecule has 1 aliphatic heterocycles. The van der Waals surface area contributed by atoms with Crippen molar-refractivity contribution >= 4 is 28.9 Å². The van der Waals surface area contributed by atoms with Gasteiger partial charge < -0.3 is 19.9 Å². The summed E-state index contributed by atoms with van der Waals surface area (Å²) in [6, 6.07) is 9.50. The van der Waals surface area contributed by atoms with Crippen molar-refractivity contribution in [1.29, 1.82) is 0 Å². The van der Waals surface area contributed by atoms with Gasteiger partial charge in [-0.15, -0.1) is 0 Å². The van der Waals surface area contributed by atoms with Gasteiger partial charge in [-0.2, -0.15) is 0 Å². The van der Waals surface area contributed by atoms with Gasteiger partial charge in [-0.3, -0.25) is 19.7 Å². The number of carbonyl (C=O) groups excluding carboxylic acids is 2. The first-order valence-electron chi connectivity index (χ1n) is 9.27. The van der Waals surface area contributed by atoms with E-state index in [1.165, 1.54) is 43.4 Å². The minimum Gasteiger partial charge on any atom is -0.378 e. The number of morpholine rings is 1. The number of ether oxygens (including phenoxy) is 1. The van der Waals surface area contributed by atoms with E-state index >= 15 is 0 Å². The Morgan fingerprint density at radius 3 is 2.50 bits per heavy atom. The van der Waals surface area contributed by atoms with Crippen LogP contribution in [0.15, 0.2) is 42.5 Å². The Morgan fingerprint density at radius 2 is 1.87 bits per heavy atom. The van der Waals surface area contributed by atoms with Gasteiger partial charge in [-0.05, 0) is 36.4 Å². The SMILES string of the molecule is CN(CC(=O)Nc1ccc(F)cc1)C(=O)c1ccc(N2CCOCC2)c([N+](=O)[O-])c1. The highest BCUT2D eigenvalue weighted by Crippen LogP contribution is 2.30. The summed E-state index contributed by atoms with van der Waals surface area (Å²) in [5, 5.41) is 14.1. The minimum absolute atomic E-state index is 0.107. The van der Waals surface area contributed by atoms with Crippen molar-refractivity contribution < 1.29 is 23.6 Å². The first-order valence-corrected chi connectivity index (χ1v) is 9.27. The number of hydrogen-bond acceptors (Lipinski definition) is 6. The third-order valence-corrected chi connectivity index (χ3v) is 4.63. The van der Waals surface area contributed by atoms with Gasteiger partial charge in [-0.25, -0.2) is 4.39 Å². The second-order valence-corrected chi connectivity index (χ2v) is 6.78. The molecule has 0 aliphatic carbocycles. The number of anilines is 2. The van der Waals surface area contributed by atoms with Crippen LogP contribution in [-0.2, 0) is 9.53 Å². The summed E-state index contributed by atoms with van der Waals surface area (Å²) < 4.78 is 18.2. The fourth-order valence-electron chi connectivity index (χ4n) is 3.12. The zero-order valence-electron chi connectivity index (χ0n) is 16.3. The molecule has 2 aromatic carbocycles. The quantitative estimate of drug-likeness (QED) is 0.572. The van der Waals surface area contributed by atoms with Crippen LogP contribution < -0.4 is 10.2 Å². The molecule has 0 saturated carbocycles. The van der Waals surface area contributed by atoms with Crippen molar-refractivity contribution in [2.75, 3.05) is 50.1 Å². The molecule has 1 N–H and O–H groups in total. The van der Waals surface area contributed by atoms with Crippen LogP contribution >= 0.6 is 0 Å². The Kier molecular flexibility index (Phi) is 6.58. The van der Waals surface area contributed by atoms with Crippen molar-refractivity contribution in [2.24, 2.45) is 0 Å². The van der Waals surface area contributed by atoms with Crippen molar-refractivity contribution in [3.8, 4) is 0 Å². The molecular weight excluding hydrogens is 395 g/mol. The zero-order chi connectivity index (χ0) is 21.7. The first-order chi connectivity index (χ1) is 14.3. The summed E-state index contributed by atoms with van der Waals surface area (Å²) in [5.74, 6) is -1.43. The summed E-state index contributed by atoms with van der Waals surface area (Å²) in [6.07, 6.45) is 0. The Bertz CT molecular complexity index is 945. The van der Waals surface area contributed by atoms with E-state index in [4.69, 9.17) is 4.74 Å². The van der Waals surface area contributed by atoms with Crippen molar-refractivity contribution in [2.45, 2.75) is 0 Å². The molecule has 0 atom stereocenters. The number of rotatable bonds is 6. The summed E-state index contributed by atoms with van der Waals surface area (Å²) in [5.41, 5.74) is 0.756. The second kappa shape index (κ2) is 9.31. The number of hydrogen-bond donors (Lipinski definition) is 1. The fourth-order valence-corrected chi connectivity index (χ4v) is 3.12. The monoisotopic (exact) mass is 416 g/mol. The molecule has 158 valence electrons. The molecule has 3 rings (SSSR count). The molecular formula is C20H21FN4O5. The molecule has 2 aromatic rings. The van der Waals surface area contributed by atoms with E-state index in [9.17, 15) is 24.1 Å². The summed E-state index contributed by atoms with van der Waals surface area (Å²) in [4.78, 5) is 38.9. The van der Waals surface area contributed by atoms with Crippen LogP contribution in [0.4, 0.5) is 21.5 Å². The lowest BCUT2D eigenvalue weighted by molar-refractivity contribution is -0.384. The van der Waals surface area contributed by atoms with Crippen LogP contribution in [0.5, 0.6) is 0 Å². The van der Waals surface area contributed by atoms with Crippen LogP contribution in [0.3, 0.4) is 0 Å². The van der Waals surface area contributed by atoms with Gasteiger partial charge in [0, 0.05) is 37.5 Å². The number of amides is 2. The Morgan fingerprint density at radius 1 is 1.20 bits per heavy atom. The van der Waals surface area contributed by atoms with E-state index in [1.807, 2.05) is 4.90 Å². The molecule has 1 fully saturated rings. The summed E-state index contributed by atoms with van der Waals surface area (Å²) >= 11 is 0. The molecule has 1 heterocycles. The lowest BCUT2D eigenvalue weighted by Gasteiger charge is -2.28. The lowest BCUT2D eigenvalue weighted by atomic mass is 10.1. The number of nitrogens with one attached hydrogen (secondary N) is 1. The van der Waals surface area contributed by atoms with Crippen LogP contribution in [0.2, 0.25) is 0 Å². The number of nitrogens with zero attached hydrogens (tertiary/aromatic N) is 3. The van der Waals surface area contributed by atoms with Gasteiger partial charge in [0.2, 0.25) is 5.91 Å². The first kappa shape index (κ1) is 21.2. The Hall–Kier alpha value is -3.53. The Balaban J connectivity index is 1.70. The molecule has 10 heteroatoms. The molecule has 0 spiro atoms. The van der Waals surface area contributed by atoms with E-state index in [-0.39, 0.29) is 17.8 Å². The maximum Gasteiger partial charge on any atom is 0.293 e. The predicted octanol–water partition coefficient (Wildman–Crippen LogP) is 2.28. The highest BCUT2D eigenvalue weighted by atomic mass is 19.1. The maximum atomic E-state index is 12.9. The van der Waals surface area contributed by atoms with Crippen LogP contribution in [0.1, 0.15) is 10.4 Å². The number of halogens is 1. The van der Waals surface area contributed by atoms with Crippen LogP contribution in [0.25, 0.3) is 0 Å². The second-order valence-electron chi connectivity index (χ2n) is 6.78. The number of carbonyl (C=O) groups is 2. The van der Waals surface area contributed by atoms with Crippen molar-refractivity contribution in [3.05, 3.63) is 64.0 Å². The van der Waals surface area contributed by atoms with E-state index in [2.05, 4.69) is 5.32 Å². The lowest BCUT2D eigenvalue weighted by Crippen LogP contribution is -2.37. The van der Waals surface area contributed by atoms with Gasteiger partial charge in [0.25, 0.3) is 11.6 Å². The maximum absolute atomic E-state index is 12.9. The number of nitro benzene ring substituents is 1. The molecule has 0 aromatic heterocycles. The van der Waals surface area contributed by atoms with Gasteiger partial charge in [0.15, 0.2) is 0 Å². The van der Waals surface area contributed by atoms with E-state index in [0.717, 1.165) is 4.90 Å². The average molecular weight is 416 g/mol. The smallest absolute Gasteiger partial charge is 0.293 e. The third-order valence-electron chi connectivity index (χ3n) is 4.63. The van der Waals surface area contributed by atoms with E-state index < -0.39 is 22.6 Å². The minimum atomic E-state index is -0.527. The molecule has 30 heavy (non-hydrogen) atoms. The molecule has 0 bridgehead atoms. The summed E-state index contributed by atoms with van der Waals surface area (Å²) in [7, 11) is 1.42. The zero-order valence-corrected chi connectivity index (χ0v) is 16.3. The fraction of sp³-hybridized carbons (Fsp3) is 0.300. The van der Waals surface area contributed by atoms with E-state index in [0.29, 0.717) is 37.7 Å². The molecule has 9 nitrogen and oxygen atoms in total. The molecule has 2 amide bonds. The topological polar surface area (TPSA) is 105 Å². The van der Waals surface area contributed by atoms with Crippen molar-refractivity contribution in [3.63, 3.8) is 0 Å². The molecule has 0 unspecified atom stereocenters. The molecule has 0 radical (unpaired) electrons. The van der Waals surface area contributed by atoms with Gasteiger partial charge in [-0.1, -0.05) is 0 Å². The molecule has 1 saturated heterocycles. The number of nitro groups is 1. The standard InChI is InChI=1S/C20H21FN4O5/c1-23(13-19(26)22-16-5-3-15(21)4-6-16)20(27)14-2-7-17(18(12-14)25(28)29)24-8-10-30-11-9-24/h2-7,12H,8-11,13H2,1H3,(H,22,26). The number of benzene rings is 2. The average Bonchev–Trinajstić information content (AvgIpc) is 2.75. The Labute approximate surface area is 172 Å². The van der Waals surface area contributed by atoms with Crippen molar-refractivity contribution in [1.82, 2.24) is 4.90 Å². The number of likely N-dealkylation sites (N-methyl/N-ethyl adjacent to an activating group) is 1. The van der Waals surface area contributed by atoms with Gasteiger partial charge >= 0.3 is 0 Å². The predicted molar refractivity (Wildman–Crippen MR) is 108 cm³/mol. The van der Waals surface area contributed by atoms with E-state index in [1.54, 1.807) is 6.07 Å². The van der Waals surface area contributed by atoms with Gasteiger partial charge in [0.05, 0.1) is 24.7 Å². The summed E-state index contributed by atoms with van der Waals surface area (Å²) in [6.45, 7) is 1.73. The largest absolute Gasteiger partial charge is 0.378 e. The van der Waals surface area contributed by atoms with Crippen LogP contribution in [0, 0.1) is 15.9 Å². The van der Waals surface area contributed by atoms with Crippen LogP contribution in [-0.4, -0.2) is 61.5 Å². The highest BCUT2D eigenvalue weighted by Gasteiger charge is 2.24. The molecule has 1 aliphatic rings.